The number of nitrogens with zero attached hydrogens (tertiary/aromatic N) is 2. The smallest absolute Gasteiger partial charge is 0.405 e. The van der Waals surface area contributed by atoms with Crippen LogP contribution in [0.5, 0.6) is 0 Å². The number of halogens is 3. The Bertz CT molecular complexity index is 831. The Morgan fingerprint density at radius 3 is 2.46 bits per heavy atom. The molecule has 10 heteroatoms. The van der Waals surface area contributed by atoms with Crippen molar-refractivity contribution in [2.24, 2.45) is 11.5 Å². The molecule has 0 radical (unpaired) electrons. The number of carbonyl (C=O) groups excluding carboxylic acids is 1. The number of alkyl halides is 3. The topological polar surface area (TPSA) is 119 Å². The second-order valence-electron chi connectivity index (χ2n) is 4.92. The molecule has 0 aromatic carbocycles. The quantitative estimate of drug-likeness (QED) is 0.604. The molecule has 1 amide bonds. The Morgan fingerprint density at radius 1 is 1.12 bits per heavy atom. The van der Waals surface area contributed by atoms with Gasteiger partial charge in [0, 0.05) is 24.2 Å². The lowest BCUT2D eigenvalue weighted by molar-refractivity contribution is -0.137. The highest BCUT2D eigenvalue weighted by atomic mass is 19.4. The van der Waals surface area contributed by atoms with Gasteiger partial charge in [-0.15, -0.1) is 0 Å². The lowest BCUT2D eigenvalue weighted by atomic mass is 10.2. The van der Waals surface area contributed by atoms with Crippen LogP contribution >= 0.6 is 0 Å². The predicted molar refractivity (Wildman–Crippen MR) is 89.8 cm³/mol. The maximum Gasteiger partial charge on any atom is 0.417 e. The van der Waals surface area contributed by atoms with Crippen LogP contribution in [0.4, 0.5) is 24.8 Å². The third kappa shape index (κ3) is 4.97. The van der Waals surface area contributed by atoms with Crippen molar-refractivity contribution in [3.05, 3.63) is 72.0 Å². The van der Waals surface area contributed by atoms with E-state index in [4.69, 9.17) is 11.5 Å². The summed E-state index contributed by atoms with van der Waals surface area (Å²) in [4.78, 5) is 19.8. The first-order valence-corrected chi connectivity index (χ1v) is 7.21. The molecule has 0 spiro atoms. The first kappa shape index (κ1) is 18.8. The second-order valence-corrected chi connectivity index (χ2v) is 4.92. The van der Waals surface area contributed by atoms with Gasteiger partial charge in [-0.25, -0.2) is 9.97 Å². The number of nitrogens with one attached hydrogen (secondary N) is 2. The number of amides is 1. The van der Waals surface area contributed by atoms with E-state index in [1.807, 2.05) is 0 Å². The van der Waals surface area contributed by atoms with Crippen molar-refractivity contribution in [1.82, 2.24) is 15.3 Å². The minimum Gasteiger partial charge on any atom is -0.405 e. The monoisotopic (exact) mass is 364 g/mol. The summed E-state index contributed by atoms with van der Waals surface area (Å²) >= 11 is 0. The van der Waals surface area contributed by atoms with E-state index in [0.717, 1.165) is 6.07 Å². The molecule has 0 saturated carbocycles. The molecule has 0 fully saturated rings. The van der Waals surface area contributed by atoms with E-state index in [-0.39, 0.29) is 17.2 Å². The Hall–Kier alpha value is -3.56. The van der Waals surface area contributed by atoms with Crippen LogP contribution < -0.4 is 22.1 Å². The van der Waals surface area contributed by atoms with Crippen molar-refractivity contribution in [3.63, 3.8) is 0 Å². The van der Waals surface area contributed by atoms with Crippen molar-refractivity contribution >= 4 is 17.5 Å². The lowest BCUT2D eigenvalue weighted by Crippen LogP contribution is -2.23. The summed E-state index contributed by atoms with van der Waals surface area (Å²) in [7, 11) is 0. The number of hydrogen-bond donors (Lipinski definition) is 4. The van der Waals surface area contributed by atoms with E-state index in [9.17, 15) is 18.0 Å². The number of hydrogen-bond acceptors (Lipinski definition) is 6. The molecule has 2 heterocycles. The van der Waals surface area contributed by atoms with Gasteiger partial charge in [0.2, 0.25) is 0 Å². The van der Waals surface area contributed by atoms with Crippen molar-refractivity contribution < 1.29 is 18.0 Å². The molecule has 2 aromatic heterocycles. The first-order valence-electron chi connectivity index (χ1n) is 7.21. The van der Waals surface area contributed by atoms with Gasteiger partial charge >= 0.3 is 6.18 Å². The van der Waals surface area contributed by atoms with E-state index >= 15 is 0 Å². The summed E-state index contributed by atoms with van der Waals surface area (Å²) in [5, 5.41) is 5.26. The summed E-state index contributed by atoms with van der Waals surface area (Å²) in [5.41, 5.74) is 10.3. The van der Waals surface area contributed by atoms with Crippen LogP contribution in [0.15, 0.2) is 60.8 Å². The molecule has 0 aliphatic heterocycles. The molecule has 2 aromatic rings. The fraction of sp³-hybridized carbons (Fsp3) is 0.0625. The first-order chi connectivity index (χ1) is 12.3. The average molecular weight is 364 g/mol. The van der Waals surface area contributed by atoms with E-state index in [1.54, 1.807) is 0 Å². The van der Waals surface area contributed by atoms with Crippen LogP contribution in [0.1, 0.15) is 15.9 Å². The molecule has 0 unspecified atom stereocenters. The number of rotatable bonds is 5. The van der Waals surface area contributed by atoms with Crippen LogP contribution in [0.3, 0.4) is 0 Å². The number of nitrogens with two attached hydrogens (primary N) is 2. The molecule has 2 rings (SSSR count). The third-order valence-corrected chi connectivity index (χ3v) is 3.08. The molecule has 6 N–H and O–H groups in total. The van der Waals surface area contributed by atoms with Crippen molar-refractivity contribution in [2.45, 2.75) is 6.18 Å². The highest BCUT2D eigenvalue weighted by molar-refractivity contribution is 5.96. The van der Waals surface area contributed by atoms with Gasteiger partial charge in [-0.3, -0.25) is 4.79 Å². The van der Waals surface area contributed by atoms with Crippen LogP contribution in [0.2, 0.25) is 0 Å². The van der Waals surface area contributed by atoms with E-state index < -0.39 is 17.6 Å². The molecular formula is C16H15F3N6O. The lowest BCUT2D eigenvalue weighted by Gasteiger charge is -2.09. The molecule has 0 aliphatic rings. The highest BCUT2D eigenvalue weighted by Gasteiger charge is 2.30. The zero-order valence-corrected chi connectivity index (χ0v) is 13.3. The Morgan fingerprint density at radius 2 is 1.88 bits per heavy atom. The van der Waals surface area contributed by atoms with E-state index in [1.165, 1.54) is 42.9 Å². The average Bonchev–Trinajstić information content (AvgIpc) is 2.61. The van der Waals surface area contributed by atoms with Crippen molar-refractivity contribution in [2.75, 3.05) is 5.32 Å². The zero-order chi connectivity index (χ0) is 19.2. The SMILES string of the molecule is N/C=C\C(=C/N)NC(=O)c1ccnc(Nc2ccc(C(F)(F)F)cn2)c1. The molecule has 0 bridgehead atoms. The number of anilines is 2. The number of aromatic nitrogens is 2. The van der Waals surface area contributed by atoms with Crippen LogP contribution in [0, 0.1) is 0 Å². The van der Waals surface area contributed by atoms with Gasteiger partial charge in [-0.1, -0.05) is 0 Å². The van der Waals surface area contributed by atoms with Gasteiger partial charge in [-0.2, -0.15) is 13.2 Å². The van der Waals surface area contributed by atoms with Gasteiger partial charge in [0.15, 0.2) is 0 Å². The third-order valence-electron chi connectivity index (χ3n) is 3.08. The minimum absolute atomic E-state index is 0.150. The normalized spacial score (nSPS) is 12.2. The highest BCUT2D eigenvalue weighted by Crippen LogP contribution is 2.29. The standard InChI is InChI=1S/C16H15F3N6O/c17-16(18,19)11-1-2-13(23-9-11)25-14-7-10(4-6-22-14)15(26)24-12(8-21)3-5-20/h1-9H,20-21H2,(H,24,26)(H,22,23,25)/b5-3-,12-8+. The number of carbonyl (C=O) groups is 1. The van der Waals surface area contributed by atoms with E-state index in [0.29, 0.717) is 11.9 Å². The van der Waals surface area contributed by atoms with Crippen LogP contribution in [-0.4, -0.2) is 15.9 Å². The van der Waals surface area contributed by atoms with Gasteiger partial charge in [0.25, 0.3) is 5.91 Å². The maximum absolute atomic E-state index is 12.5. The second kappa shape index (κ2) is 8.01. The van der Waals surface area contributed by atoms with Gasteiger partial charge in [0.1, 0.15) is 11.6 Å². The minimum atomic E-state index is -4.46. The molecule has 0 aliphatic carbocycles. The van der Waals surface area contributed by atoms with E-state index in [2.05, 4.69) is 20.6 Å². The molecule has 0 atom stereocenters. The Balaban J connectivity index is 2.13. The summed E-state index contributed by atoms with van der Waals surface area (Å²) in [6.45, 7) is 0. The number of allylic oxidation sites excluding steroid dienone is 1. The van der Waals surface area contributed by atoms with Crippen molar-refractivity contribution in [3.8, 4) is 0 Å². The zero-order valence-electron chi connectivity index (χ0n) is 13.3. The maximum atomic E-state index is 12.5. The number of pyridine rings is 2. The fourth-order valence-electron chi connectivity index (χ4n) is 1.85. The molecular weight excluding hydrogens is 349 g/mol. The summed E-state index contributed by atoms with van der Waals surface area (Å²) < 4.78 is 37.6. The molecule has 136 valence electrons. The largest absolute Gasteiger partial charge is 0.417 e. The summed E-state index contributed by atoms with van der Waals surface area (Å²) in [6.07, 6.45) is 1.41. The Labute approximate surface area is 146 Å². The molecule has 26 heavy (non-hydrogen) atoms. The summed E-state index contributed by atoms with van der Waals surface area (Å²) in [6, 6.07) is 4.93. The molecule has 7 nitrogen and oxygen atoms in total. The summed E-state index contributed by atoms with van der Waals surface area (Å²) in [5.74, 6) is -0.0835. The Kier molecular flexibility index (Phi) is 5.78. The van der Waals surface area contributed by atoms with Crippen LogP contribution in [0.25, 0.3) is 0 Å². The predicted octanol–water partition coefficient (Wildman–Crippen LogP) is 2.24. The molecule has 0 saturated heterocycles. The van der Waals surface area contributed by atoms with Crippen molar-refractivity contribution in [1.29, 1.82) is 0 Å². The fourth-order valence-corrected chi connectivity index (χ4v) is 1.85. The van der Waals surface area contributed by atoms with Gasteiger partial charge < -0.3 is 22.1 Å². The van der Waals surface area contributed by atoms with Crippen LogP contribution in [-0.2, 0) is 6.18 Å². The van der Waals surface area contributed by atoms with Gasteiger partial charge in [0.05, 0.1) is 11.3 Å². The van der Waals surface area contributed by atoms with Gasteiger partial charge in [-0.05, 0) is 36.5 Å².